The van der Waals surface area contributed by atoms with Crippen molar-refractivity contribution in [1.82, 2.24) is 9.88 Å². The number of nitrogens with zero attached hydrogens (tertiary/aromatic N) is 3. The molecule has 0 bridgehead atoms. The summed E-state index contributed by atoms with van der Waals surface area (Å²) in [4.78, 5) is 34.3. The second-order valence-corrected chi connectivity index (χ2v) is 13.0. The van der Waals surface area contributed by atoms with Gasteiger partial charge in [-0.15, -0.1) is 0 Å². The van der Waals surface area contributed by atoms with Gasteiger partial charge in [-0.2, -0.15) is 0 Å². The zero-order valence-corrected chi connectivity index (χ0v) is 23.6. The average molecular weight is 558 g/mol. The van der Waals surface area contributed by atoms with E-state index in [-0.39, 0.29) is 30.2 Å². The van der Waals surface area contributed by atoms with Crippen LogP contribution >= 0.6 is 11.6 Å². The molecule has 38 heavy (non-hydrogen) atoms. The number of hydrogen-bond donors (Lipinski definition) is 0. The topological polar surface area (TPSA) is 96.9 Å². The molecule has 10 heteroatoms. The summed E-state index contributed by atoms with van der Waals surface area (Å²) in [6.07, 6.45) is 1.46. The highest BCUT2D eigenvalue weighted by Crippen LogP contribution is 2.25. The molecule has 1 amide bonds. The molecule has 0 spiro atoms. The maximum Gasteiger partial charge on any atom is 0.331 e. The van der Waals surface area contributed by atoms with E-state index in [0.29, 0.717) is 11.6 Å². The van der Waals surface area contributed by atoms with Crippen LogP contribution in [0.3, 0.4) is 0 Å². The molecule has 0 aliphatic carbocycles. The van der Waals surface area contributed by atoms with E-state index in [9.17, 15) is 18.0 Å². The first kappa shape index (κ1) is 27.9. The second-order valence-electron chi connectivity index (χ2n) is 10.5. The number of amides is 1. The van der Waals surface area contributed by atoms with E-state index >= 15 is 0 Å². The molecule has 1 saturated heterocycles. The lowest BCUT2D eigenvalue weighted by Crippen LogP contribution is -2.59. The smallest absolute Gasteiger partial charge is 0.331 e. The number of sulfone groups is 1. The van der Waals surface area contributed by atoms with Gasteiger partial charge in [-0.1, -0.05) is 23.7 Å². The number of aryl methyl sites for hydroxylation is 1. The van der Waals surface area contributed by atoms with Crippen molar-refractivity contribution in [2.24, 2.45) is 0 Å². The number of piperazine rings is 1. The van der Waals surface area contributed by atoms with Crippen LogP contribution in [0.1, 0.15) is 32.9 Å². The van der Waals surface area contributed by atoms with Crippen molar-refractivity contribution >= 4 is 49.8 Å². The molecule has 1 unspecified atom stereocenters. The van der Waals surface area contributed by atoms with Crippen molar-refractivity contribution in [2.45, 2.75) is 50.7 Å². The number of rotatable bonds is 6. The molecule has 0 saturated carbocycles. The molecule has 202 valence electrons. The first-order valence-corrected chi connectivity index (χ1v) is 14.5. The molecular weight excluding hydrogens is 526 g/mol. The molecular formula is C28H32ClN3O5S. The van der Waals surface area contributed by atoms with Crippen LogP contribution in [-0.4, -0.2) is 67.2 Å². The fourth-order valence-corrected chi connectivity index (χ4v) is 5.93. The minimum absolute atomic E-state index is 0.140. The fourth-order valence-electron chi connectivity index (χ4n) is 4.49. The van der Waals surface area contributed by atoms with Crippen LogP contribution in [0.25, 0.3) is 10.8 Å². The lowest BCUT2D eigenvalue weighted by atomic mass is 10.1. The summed E-state index contributed by atoms with van der Waals surface area (Å²) < 4.78 is 31.8. The van der Waals surface area contributed by atoms with Gasteiger partial charge in [-0.3, -0.25) is 9.78 Å². The number of ether oxygens (including phenoxy) is 1. The Morgan fingerprint density at radius 2 is 1.76 bits per heavy atom. The molecule has 3 aromatic rings. The predicted molar refractivity (Wildman–Crippen MR) is 148 cm³/mol. The van der Waals surface area contributed by atoms with Gasteiger partial charge in [-0.25, -0.2) is 13.2 Å². The molecule has 4 rings (SSSR count). The van der Waals surface area contributed by atoms with Gasteiger partial charge in [0.1, 0.15) is 11.6 Å². The summed E-state index contributed by atoms with van der Waals surface area (Å²) in [6.45, 7) is 8.20. The zero-order chi connectivity index (χ0) is 27.7. The molecule has 1 aliphatic rings. The third-order valence-corrected chi connectivity index (χ3v) is 8.29. The van der Waals surface area contributed by atoms with Gasteiger partial charge in [0, 0.05) is 48.7 Å². The second kappa shape index (κ2) is 10.9. The molecule has 1 aliphatic heterocycles. The highest BCUT2D eigenvalue weighted by atomic mass is 35.5. The van der Waals surface area contributed by atoms with Crippen molar-refractivity contribution in [3.63, 3.8) is 0 Å². The number of fused-ring (bicyclic) bond motifs is 1. The van der Waals surface area contributed by atoms with Gasteiger partial charge >= 0.3 is 5.97 Å². The molecule has 0 N–H and O–H groups in total. The SMILES string of the molecule is Cc1cc(N2CCN(C(=O)CCS(=O)(=O)c3ccc4cc(Cl)ccc4c3)C(C(=O)OC(C)(C)C)C2)ccn1. The van der Waals surface area contributed by atoms with Crippen molar-refractivity contribution in [3.05, 3.63) is 65.4 Å². The average Bonchev–Trinajstić information content (AvgIpc) is 2.85. The van der Waals surface area contributed by atoms with E-state index in [1.54, 1.807) is 57.3 Å². The Bertz CT molecular complexity index is 1470. The highest BCUT2D eigenvalue weighted by Gasteiger charge is 2.38. The maximum atomic E-state index is 13.3. The van der Waals surface area contributed by atoms with E-state index in [1.165, 1.54) is 11.0 Å². The Labute approximate surface area is 228 Å². The molecule has 1 fully saturated rings. The number of hydrogen-bond acceptors (Lipinski definition) is 7. The Morgan fingerprint density at radius 1 is 1.05 bits per heavy atom. The summed E-state index contributed by atoms with van der Waals surface area (Å²) in [7, 11) is -3.73. The Balaban J connectivity index is 1.50. The summed E-state index contributed by atoms with van der Waals surface area (Å²) in [6, 6.07) is 13.0. The van der Waals surface area contributed by atoms with Gasteiger partial charge < -0.3 is 14.5 Å². The third-order valence-electron chi connectivity index (χ3n) is 6.34. The van der Waals surface area contributed by atoms with Gasteiger partial charge in [0.2, 0.25) is 5.91 Å². The molecule has 0 radical (unpaired) electrons. The number of benzene rings is 2. The third kappa shape index (κ3) is 6.63. The summed E-state index contributed by atoms with van der Waals surface area (Å²) in [5, 5.41) is 2.14. The number of halogens is 1. The number of carbonyl (C=O) groups is 2. The van der Waals surface area contributed by atoms with Crippen molar-refractivity contribution in [1.29, 1.82) is 0 Å². The van der Waals surface area contributed by atoms with Crippen LogP contribution in [0.2, 0.25) is 5.02 Å². The van der Waals surface area contributed by atoms with Crippen LogP contribution in [0.5, 0.6) is 0 Å². The van der Waals surface area contributed by atoms with Crippen LogP contribution < -0.4 is 4.90 Å². The van der Waals surface area contributed by atoms with E-state index in [0.717, 1.165) is 22.2 Å². The summed E-state index contributed by atoms with van der Waals surface area (Å²) in [5.74, 6) is -1.28. The van der Waals surface area contributed by atoms with Crippen LogP contribution in [0.15, 0.2) is 59.6 Å². The minimum Gasteiger partial charge on any atom is -0.458 e. The van der Waals surface area contributed by atoms with Crippen LogP contribution in [-0.2, 0) is 24.2 Å². The van der Waals surface area contributed by atoms with Gasteiger partial charge in [0.05, 0.1) is 10.6 Å². The molecule has 1 aromatic heterocycles. The van der Waals surface area contributed by atoms with E-state index in [1.807, 2.05) is 24.0 Å². The first-order valence-electron chi connectivity index (χ1n) is 12.4. The maximum absolute atomic E-state index is 13.3. The summed E-state index contributed by atoms with van der Waals surface area (Å²) in [5.41, 5.74) is 1.01. The van der Waals surface area contributed by atoms with Gasteiger partial charge in [0.25, 0.3) is 0 Å². The predicted octanol–water partition coefficient (Wildman–Crippen LogP) is 4.42. The molecule has 2 heterocycles. The Morgan fingerprint density at radius 3 is 2.47 bits per heavy atom. The standard InChI is InChI=1S/C28H32ClN3O5S/c1-19-15-23(9-11-30-19)31-12-13-32(25(18-31)27(34)37-28(2,3)4)26(33)10-14-38(35,36)24-8-6-20-16-22(29)7-5-21(20)17-24/h5-9,11,15-17,25H,10,12-14,18H2,1-4H3. The number of pyridine rings is 1. The number of anilines is 1. The Kier molecular flexibility index (Phi) is 7.99. The number of carbonyl (C=O) groups excluding carboxylic acids is 2. The van der Waals surface area contributed by atoms with Crippen LogP contribution in [0.4, 0.5) is 5.69 Å². The van der Waals surface area contributed by atoms with Gasteiger partial charge in [-0.05, 0) is 74.9 Å². The minimum atomic E-state index is -3.73. The van der Waals surface area contributed by atoms with E-state index in [4.69, 9.17) is 16.3 Å². The quantitative estimate of drug-likeness (QED) is 0.414. The van der Waals surface area contributed by atoms with Crippen molar-refractivity contribution < 1.29 is 22.7 Å². The highest BCUT2D eigenvalue weighted by molar-refractivity contribution is 7.91. The molecule has 8 nitrogen and oxygen atoms in total. The van der Waals surface area contributed by atoms with Crippen molar-refractivity contribution in [3.8, 4) is 0 Å². The molecule has 1 atom stereocenters. The first-order chi connectivity index (χ1) is 17.8. The zero-order valence-electron chi connectivity index (χ0n) is 22.0. The molecule has 2 aromatic carbocycles. The number of aromatic nitrogens is 1. The Hall–Kier alpha value is -3.17. The lowest BCUT2D eigenvalue weighted by Gasteiger charge is -2.42. The van der Waals surface area contributed by atoms with Gasteiger partial charge in [0.15, 0.2) is 9.84 Å². The summed E-state index contributed by atoms with van der Waals surface area (Å²) >= 11 is 6.03. The monoisotopic (exact) mass is 557 g/mol. The largest absolute Gasteiger partial charge is 0.458 e. The van der Waals surface area contributed by atoms with E-state index in [2.05, 4.69) is 4.98 Å². The van der Waals surface area contributed by atoms with Crippen molar-refractivity contribution in [2.75, 3.05) is 30.3 Å². The number of esters is 1. The fraction of sp³-hybridized carbons (Fsp3) is 0.393. The van der Waals surface area contributed by atoms with Crippen LogP contribution in [0, 0.1) is 6.92 Å². The lowest BCUT2D eigenvalue weighted by molar-refractivity contribution is -0.165. The normalized spacial score (nSPS) is 16.5. The van der Waals surface area contributed by atoms with E-state index < -0.39 is 33.4 Å².